The molecule has 0 aliphatic carbocycles. The Morgan fingerprint density at radius 3 is 2.74 bits per heavy atom. The summed E-state index contributed by atoms with van der Waals surface area (Å²) in [5, 5.41) is 6.37. The minimum atomic E-state index is 0.382. The van der Waals surface area contributed by atoms with Crippen molar-refractivity contribution in [3.05, 3.63) is 71.9 Å². The summed E-state index contributed by atoms with van der Waals surface area (Å²) in [4.78, 5) is 7.01. The van der Waals surface area contributed by atoms with Crippen molar-refractivity contribution in [3.63, 3.8) is 0 Å². The summed E-state index contributed by atoms with van der Waals surface area (Å²) in [6.45, 7) is 7.10. The van der Waals surface area contributed by atoms with E-state index in [2.05, 4.69) is 46.0 Å². The number of nitrogens with zero attached hydrogens (tertiary/aromatic N) is 2. The third-order valence-electron chi connectivity index (χ3n) is 5.63. The number of anilines is 1. The first-order chi connectivity index (χ1) is 15.2. The molecule has 162 valence electrons. The minimum Gasteiger partial charge on any atom is -0.493 e. The maximum absolute atomic E-state index is 6.24. The number of methoxy groups -OCH3 is 1. The normalized spacial score (nSPS) is 15.0. The van der Waals surface area contributed by atoms with Crippen LogP contribution in [0.4, 0.5) is 5.82 Å². The molecule has 1 saturated heterocycles. The molecule has 1 aliphatic heterocycles. The average molecular weight is 438 g/mol. The summed E-state index contributed by atoms with van der Waals surface area (Å²) in [5.41, 5.74) is 1.22. The molecular formula is C25H28ClN3O2. The Balaban J connectivity index is 1.37. The minimum absolute atomic E-state index is 0.382. The van der Waals surface area contributed by atoms with Crippen molar-refractivity contribution in [1.82, 2.24) is 9.88 Å². The summed E-state index contributed by atoms with van der Waals surface area (Å²) < 4.78 is 11.1. The van der Waals surface area contributed by atoms with Crippen LogP contribution in [0.25, 0.3) is 10.8 Å². The van der Waals surface area contributed by atoms with Gasteiger partial charge in [-0.3, -0.25) is 4.90 Å². The van der Waals surface area contributed by atoms with Crippen LogP contribution in [0.5, 0.6) is 11.5 Å². The smallest absolute Gasteiger partial charge is 0.161 e. The molecule has 1 fully saturated rings. The third kappa shape index (κ3) is 5.30. The summed E-state index contributed by atoms with van der Waals surface area (Å²) in [7, 11) is 1.66. The van der Waals surface area contributed by atoms with E-state index < -0.39 is 0 Å². The number of nitrogens with one attached hydrogen (secondary N) is 1. The maximum Gasteiger partial charge on any atom is 0.161 e. The van der Waals surface area contributed by atoms with Gasteiger partial charge in [0.25, 0.3) is 0 Å². The lowest BCUT2D eigenvalue weighted by Gasteiger charge is -2.33. The number of piperidine rings is 1. The van der Waals surface area contributed by atoms with Gasteiger partial charge in [-0.15, -0.1) is 0 Å². The monoisotopic (exact) mass is 437 g/mol. The number of rotatable bonds is 8. The first kappa shape index (κ1) is 21.5. The van der Waals surface area contributed by atoms with Crippen LogP contribution in [-0.2, 0) is 6.54 Å². The fraction of sp³-hybridized carbons (Fsp3) is 0.320. The molecule has 0 saturated carbocycles. The van der Waals surface area contributed by atoms with Gasteiger partial charge in [-0.25, -0.2) is 4.98 Å². The Hall–Kier alpha value is -2.76. The molecule has 0 radical (unpaired) electrons. The van der Waals surface area contributed by atoms with Crippen molar-refractivity contribution in [3.8, 4) is 11.5 Å². The van der Waals surface area contributed by atoms with Crippen LogP contribution < -0.4 is 14.8 Å². The predicted octanol–water partition coefficient (Wildman–Crippen LogP) is 5.54. The van der Waals surface area contributed by atoms with Gasteiger partial charge in [-0.2, -0.15) is 0 Å². The topological polar surface area (TPSA) is 46.6 Å². The fourth-order valence-electron chi connectivity index (χ4n) is 4.04. The fourth-order valence-corrected chi connectivity index (χ4v) is 4.25. The Morgan fingerprint density at radius 2 is 1.97 bits per heavy atom. The lowest BCUT2D eigenvalue weighted by atomic mass is 10.0. The van der Waals surface area contributed by atoms with Crippen molar-refractivity contribution >= 4 is 28.2 Å². The molecule has 1 aliphatic rings. The summed E-state index contributed by atoms with van der Waals surface area (Å²) in [6, 6.07) is 16.6. The summed E-state index contributed by atoms with van der Waals surface area (Å²) in [6.07, 6.45) is 3.85. The first-order valence-corrected chi connectivity index (χ1v) is 11.0. The number of benzene rings is 2. The molecule has 3 aromatic rings. The number of halogens is 1. The zero-order valence-corrected chi connectivity index (χ0v) is 18.6. The quantitative estimate of drug-likeness (QED) is 0.370. The Bertz CT molecular complexity index is 1050. The molecule has 5 nitrogen and oxygen atoms in total. The number of likely N-dealkylation sites (tertiary alicyclic amines) is 1. The van der Waals surface area contributed by atoms with Gasteiger partial charge in [0.05, 0.1) is 7.11 Å². The molecule has 0 spiro atoms. The SMILES string of the molecule is C=CCOc1cc(CN2CCC(Nc3nc(Cl)cc4ccccc34)CC2)ccc1OC. The van der Waals surface area contributed by atoms with Crippen LogP contribution in [0.1, 0.15) is 18.4 Å². The van der Waals surface area contributed by atoms with Crippen molar-refractivity contribution in [2.24, 2.45) is 0 Å². The van der Waals surface area contributed by atoms with Gasteiger partial charge >= 0.3 is 0 Å². The van der Waals surface area contributed by atoms with E-state index in [1.807, 2.05) is 24.3 Å². The van der Waals surface area contributed by atoms with E-state index in [1.54, 1.807) is 13.2 Å². The Kier molecular flexibility index (Phi) is 6.95. The zero-order chi connectivity index (χ0) is 21.6. The summed E-state index contributed by atoms with van der Waals surface area (Å²) >= 11 is 6.24. The molecule has 0 amide bonds. The van der Waals surface area contributed by atoms with Crippen LogP contribution >= 0.6 is 11.6 Å². The van der Waals surface area contributed by atoms with Gasteiger partial charge in [0.15, 0.2) is 11.5 Å². The van der Waals surface area contributed by atoms with Crippen LogP contribution in [0.2, 0.25) is 5.15 Å². The zero-order valence-electron chi connectivity index (χ0n) is 17.8. The molecule has 2 aromatic carbocycles. The van der Waals surface area contributed by atoms with Crippen molar-refractivity contribution < 1.29 is 9.47 Å². The van der Waals surface area contributed by atoms with Crippen LogP contribution in [0.3, 0.4) is 0 Å². The number of hydrogen-bond acceptors (Lipinski definition) is 5. The Labute approximate surface area is 188 Å². The first-order valence-electron chi connectivity index (χ1n) is 10.6. The molecule has 0 bridgehead atoms. The van der Waals surface area contributed by atoms with E-state index in [1.165, 1.54) is 5.56 Å². The molecule has 4 rings (SSSR count). The standard InChI is InChI=1S/C25H28ClN3O2/c1-3-14-31-23-15-18(8-9-22(23)30-2)17-29-12-10-20(11-13-29)27-25-21-7-5-4-6-19(21)16-24(26)28-25/h3-9,15-16,20H,1,10-14,17H2,2H3,(H,27,28). The van der Waals surface area contributed by atoms with Crippen LogP contribution in [0, 0.1) is 0 Å². The molecule has 31 heavy (non-hydrogen) atoms. The molecule has 2 heterocycles. The second-order valence-electron chi connectivity index (χ2n) is 7.79. The number of fused-ring (bicyclic) bond motifs is 1. The maximum atomic E-state index is 6.24. The van der Waals surface area contributed by atoms with Crippen molar-refractivity contribution in [1.29, 1.82) is 0 Å². The van der Waals surface area contributed by atoms with Crippen LogP contribution in [0.15, 0.2) is 61.2 Å². The highest BCUT2D eigenvalue weighted by molar-refractivity contribution is 6.30. The van der Waals surface area contributed by atoms with E-state index in [4.69, 9.17) is 21.1 Å². The third-order valence-corrected chi connectivity index (χ3v) is 5.82. The van der Waals surface area contributed by atoms with Gasteiger partial charge in [0, 0.05) is 31.1 Å². The lowest BCUT2D eigenvalue weighted by molar-refractivity contribution is 0.211. The van der Waals surface area contributed by atoms with Gasteiger partial charge < -0.3 is 14.8 Å². The van der Waals surface area contributed by atoms with Crippen LogP contribution in [-0.4, -0.2) is 42.7 Å². The van der Waals surface area contributed by atoms with E-state index in [-0.39, 0.29) is 0 Å². The second kappa shape index (κ2) is 10.0. The second-order valence-corrected chi connectivity index (χ2v) is 8.18. The highest BCUT2D eigenvalue weighted by atomic mass is 35.5. The van der Waals surface area contributed by atoms with E-state index in [0.717, 1.165) is 60.6 Å². The van der Waals surface area contributed by atoms with Gasteiger partial charge in [-0.05, 0) is 42.0 Å². The number of aromatic nitrogens is 1. The van der Waals surface area contributed by atoms with E-state index in [9.17, 15) is 0 Å². The molecule has 0 atom stereocenters. The van der Waals surface area contributed by atoms with Gasteiger partial charge in [0.1, 0.15) is 17.6 Å². The molecule has 1 aromatic heterocycles. The van der Waals surface area contributed by atoms with E-state index >= 15 is 0 Å². The largest absolute Gasteiger partial charge is 0.493 e. The molecular weight excluding hydrogens is 410 g/mol. The molecule has 0 unspecified atom stereocenters. The Morgan fingerprint density at radius 1 is 1.16 bits per heavy atom. The van der Waals surface area contributed by atoms with E-state index in [0.29, 0.717) is 17.8 Å². The highest BCUT2D eigenvalue weighted by Gasteiger charge is 2.21. The number of pyridine rings is 1. The highest BCUT2D eigenvalue weighted by Crippen LogP contribution is 2.30. The predicted molar refractivity (Wildman–Crippen MR) is 127 cm³/mol. The number of ether oxygens (including phenoxy) is 2. The summed E-state index contributed by atoms with van der Waals surface area (Å²) in [5.74, 6) is 2.38. The lowest BCUT2D eigenvalue weighted by Crippen LogP contribution is -2.38. The average Bonchev–Trinajstić information content (AvgIpc) is 2.79. The van der Waals surface area contributed by atoms with Gasteiger partial charge in [0.2, 0.25) is 0 Å². The number of hydrogen-bond donors (Lipinski definition) is 1. The molecule has 1 N–H and O–H groups in total. The van der Waals surface area contributed by atoms with Crippen molar-refractivity contribution in [2.75, 3.05) is 32.1 Å². The van der Waals surface area contributed by atoms with Crippen molar-refractivity contribution in [2.45, 2.75) is 25.4 Å². The molecule has 6 heteroatoms. The van der Waals surface area contributed by atoms with Gasteiger partial charge in [-0.1, -0.05) is 54.6 Å².